The molecule has 0 aliphatic heterocycles. The summed E-state index contributed by atoms with van der Waals surface area (Å²) in [5.74, 6) is -1.07. The second-order valence-electron chi connectivity index (χ2n) is 8.09. The van der Waals surface area contributed by atoms with Crippen molar-refractivity contribution in [2.45, 2.75) is 39.8 Å². The Morgan fingerprint density at radius 1 is 1.11 bits per heavy atom. The van der Waals surface area contributed by atoms with Crippen LogP contribution in [0.3, 0.4) is 0 Å². The van der Waals surface area contributed by atoms with Gasteiger partial charge in [0.2, 0.25) is 21.8 Å². The summed E-state index contributed by atoms with van der Waals surface area (Å²) in [7, 11) is -4.04. The van der Waals surface area contributed by atoms with Gasteiger partial charge in [-0.15, -0.1) is 0 Å². The number of rotatable bonds is 11. The maximum absolute atomic E-state index is 13.6. The van der Waals surface area contributed by atoms with E-state index in [-0.39, 0.29) is 29.4 Å². The van der Waals surface area contributed by atoms with Crippen LogP contribution in [-0.4, -0.2) is 55.4 Å². The average molecular weight is 559 g/mol. The number of hydrogen-bond acceptors (Lipinski definition) is 6. The first-order chi connectivity index (χ1) is 16.8. The molecule has 2 aromatic carbocycles. The molecule has 1 atom stereocenters. The summed E-state index contributed by atoms with van der Waals surface area (Å²) < 4.78 is 26.2. The van der Waals surface area contributed by atoms with Crippen LogP contribution in [0.15, 0.2) is 36.4 Å². The van der Waals surface area contributed by atoms with E-state index in [1.54, 1.807) is 39.0 Å². The molecule has 0 radical (unpaired) electrons. The first-order valence-corrected chi connectivity index (χ1v) is 13.6. The van der Waals surface area contributed by atoms with Gasteiger partial charge in [0.05, 0.1) is 26.9 Å². The molecule has 0 saturated heterocycles. The van der Waals surface area contributed by atoms with Gasteiger partial charge in [0.15, 0.2) is 0 Å². The molecule has 0 bridgehead atoms. The molecule has 2 aromatic rings. The van der Waals surface area contributed by atoms with Crippen molar-refractivity contribution >= 4 is 56.4 Å². The molecule has 0 aliphatic rings. The Kier molecular flexibility index (Phi) is 10.1. The molecule has 0 saturated carbocycles. The van der Waals surface area contributed by atoms with Gasteiger partial charge in [-0.2, -0.15) is 0 Å². The van der Waals surface area contributed by atoms with Gasteiger partial charge in [-0.25, -0.2) is 8.42 Å². The number of amides is 2. The Morgan fingerprint density at radius 2 is 1.78 bits per heavy atom. The van der Waals surface area contributed by atoms with Gasteiger partial charge in [0, 0.05) is 25.2 Å². The third-order valence-corrected chi connectivity index (χ3v) is 7.29. The SMILES string of the molecule is CCNC(=O)[C@H](CC)N(Cc1ccc(Cl)c(Cl)c1)C(=O)CN(c1cc([N+](=O)[O-])ccc1C)S(C)(=O)=O. The van der Waals surface area contributed by atoms with Gasteiger partial charge in [-0.3, -0.25) is 24.0 Å². The van der Waals surface area contributed by atoms with E-state index < -0.39 is 39.3 Å². The first-order valence-electron chi connectivity index (χ1n) is 11.0. The number of aryl methyl sites for hydroxylation is 1. The predicted molar refractivity (Wildman–Crippen MR) is 140 cm³/mol. The van der Waals surface area contributed by atoms with Crippen molar-refractivity contribution in [1.29, 1.82) is 0 Å². The Balaban J connectivity index is 2.54. The summed E-state index contributed by atoms with van der Waals surface area (Å²) in [6.45, 7) is 4.68. The molecule has 2 amide bonds. The van der Waals surface area contributed by atoms with Crippen molar-refractivity contribution < 1.29 is 22.9 Å². The summed E-state index contributed by atoms with van der Waals surface area (Å²) in [4.78, 5) is 38.3. The molecule has 1 N–H and O–H groups in total. The summed E-state index contributed by atoms with van der Waals surface area (Å²) in [6, 6.07) is 7.64. The zero-order valence-corrected chi connectivity index (χ0v) is 22.7. The fourth-order valence-corrected chi connectivity index (χ4v) is 4.84. The van der Waals surface area contributed by atoms with Gasteiger partial charge < -0.3 is 10.2 Å². The zero-order chi connectivity index (χ0) is 27.2. The summed E-state index contributed by atoms with van der Waals surface area (Å²) in [6.07, 6.45) is 1.16. The van der Waals surface area contributed by atoms with Gasteiger partial charge in [-0.05, 0) is 43.5 Å². The van der Waals surface area contributed by atoms with Crippen molar-refractivity contribution in [2.24, 2.45) is 0 Å². The molecular formula is C23H28Cl2N4O6S. The van der Waals surface area contributed by atoms with Crippen molar-refractivity contribution in [3.8, 4) is 0 Å². The third-order valence-electron chi connectivity index (χ3n) is 5.43. The van der Waals surface area contributed by atoms with E-state index in [1.165, 1.54) is 17.0 Å². The van der Waals surface area contributed by atoms with E-state index in [2.05, 4.69) is 5.32 Å². The number of benzene rings is 2. The Hall–Kier alpha value is -2.89. The monoisotopic (exact) mass is 558 g/mol. The molecule has 0 unspecified atom stereocenters. The second-order valence-corrected chi connectivity index (χ2v) is 10.8. The number of likely N-dealkylation sites (N-methyl/N-ethyl adjacent to an activating group) is 1. The zero-order valence-electron chi connectivity index (χ0n) is 20.3. The van der Waals surface area contributed by atoms with E-state index in [0.717, 1.165) is 16.6 Å². The smallest absolute Gasteiger partial charge is 0.271 e. The van der Waals surface area contributed by atoms with Crippen LogP contribution in [0.4, 0.5) is 11.4 Å². The van der Waals surface area contributed by atoms with Gasteiger partial charge in [-0.1, -0.05) is 42.3 Å². The minimum Gasteiger partial charge on any atom is -0.355 e. The molecule has 10 nitrogen and oxygen atoms in total. The van der Waals surface area contributed by atoms with Crippen LogP contribution in [-0.2, 0) is 26.2 Å². The molecule has 0 spiro atoms. The van der Waals surface area contributed by atoms with Gasteiger partial charge in [0.1, 0.15) is 12.6 Å². The highest BCUT2D eigenvalue weighted by molar-refractivity contribution is 7.92. The minimum absolute atomic E-state index is 0.000551. The third kappa shape index (κ3) is 7.31. The number of hydrogen-bond donors (Lipinski definition) is 1. The molecule has 0 aliphatic carbocycles. The van der Waals surface area contributed by atoms with Crippen LogP contribution in [0.1, 0.15) is 31.4 Å². The maximum Gasteiger partial charge on any atom is 0.271 e. The van der Waals surface area contributed by atoms with Crippen molar-refractivity contribution in [3.63, 3.8) is 0 Å². The molecule has 0 heterocycles. The standard InChI is InChI=1S/C23H28Cl2N4O6S/c1-5-20(23(31)26-6-2)27(13-16-8-10-18(24)19(25)11-16)22(30)14-28(36(4,34)35)21-12-17(29(32)33)9-7-15(21)3/h7-12,20H,5-6,13-14H2,1-4H3,(H,26,31)/t20-/m0/s1. The number of nitro benzene ring substituents is 1. The Bertz CT molecular complexity index is 1260. The Morgan fingerprint density at radius 3 is 2.31 bits per heavy atom. The summed E-state index contributed by atoms with van der Waals surface area (Å²) >= 11 is 12.1. The number of nitro groups is 1. The quantitative estimate of drug-likeness (QED) is 0.328. The lowest BCUT2D eigenvalue weighted by Gasteiger charge is -2.33. The van der Waals surface area contributed by atoms with Crippen LogP contribution < -0.4 is 9.62 Å². The number of non-ortho nitro benzene ring substituents is 1. The number of nitrogens with zero attached hydrogens (tertiary/aromatic N) is 3. The van der Waals surface area contributed by atoms with E-state index in [9.17, 15) is 28.1 Å². The minimum atomic E-state index is -4.04. The molecule has 196 valence electrons. The number of halogens is 2. The molecule has 36 heavy (non-hydrogen) atoms. The largest absolute Gasteiger partial charge is 0.355 e. The van der Waals surface area contributed by atoms with E-state index >= 15 is 0 Å². The Labute approximate surface area is 220 Å². The first kappa shape index (κ1) is 29.3. The molecule has 0 fully saturated rings. The van der Waals surface area contributed by atoms with Crippen LogP contribution in [0.25, 0.3) is 0 Å². The number of carbonyl (C=O) groups excluding carboxylic acids is 2. The predicted octanol–water partition coefficient (Wildman–Crippen LogP) is 3.92. The number of nitrogens with one attached hydrogen (secondary N) is 1. The lowest BCUT2D eigenvalue weighted by atomic mass is 10.1. The lowest BCUT2D eigenvalue weighted by molar-refractivity contribution is -0.384. The summed E-state index contributed by atoms with van der Waals surface area (Å²) in [5, 5.41) is 14.6. The van der Waals surface area contributed by atoms with Gasteiger partial charge >= 0.3 is 0 Å². The number of anilines is 1. The normalized spacial score (nSPS) is 12.1. The molecule has 2 rings (SSSR count). The topological polar surface area (TPSA) is 130 Å². The number of sulfonamides is 1. The van der Waals surface area contributed by atoms with Crippen LogP contribution >= 0.6 is 23.2 Å². The highest BCUT2D eigenvalue weighted by Gasteiger charge is 2.32. The van der Waals surface area contributed by atoms with Crippen molar-refractivity contribution in [2.75, 3.05) is 23.7 Å². The van der Waals surface area contributed by atoms with Gasteiger partial charge in [0.25, 0.3) is 5.69 Å². The van der Waals surface area contributed by atoms with Crippen LogP contribution in [0.5, 0.6) is 0 Å². The van der Waals surface area contributed by atoms with Crippen LogP contribution in [0, 0.1) is 17.0 Å². The lowest BCUT2D eigenvalue weighted by Crippen LogP contribution is -2.52. The molecular weight excluding hydrogens is 531 g/mol. The van der Waals surface area contributed by atoms with Crippen molar-refractivity contribution in [1.82, 2.24) is 10.2 Å². The highest BCUT2D eigenvalue weighted by atomic mass is 35.5. The highest BCUT2D eigenvalue weighted by Crippen LogP contribution is 2.28. The second kappa shape index (κ2) is 12.4. The van der Waals surface area contributed by atoms with Crippen molar-refractivity contribution in [3.05, 3.63) is 67.7 Å². The van der Waals surface area contributed by atoms with E-state index in [0.29, 0.717) is 22.7 Å². The molecule has 0 aromatic heterocycles. The fraction of sp³-hybridized carbons (Fsp3) is 0.391. The van der Waals surface area contributed by atoms with E-state index in [4.69, 9.17) is 23.2 Å². The summed E-state index contributed by atoms with van der Waals surface area (Å²) in [5.41, 5.74) is 0.683. The number of carbonyl (C=O) groups is 2. The fourth-order valence-electron chi connectivity index (χ4n) is 3.62. The van der Waals surface area contributed by atoms with Crippen LogP contribution in [0.2, 0.25) is 10.0 Å². The maximum atomic E-state index is 13.6. The average Bonchev–Trinajstić information content (AvgIpc) is 2.79. The van der Waals surface area contributed by atoms with E-state index in [1.807, 2.05) is 0 Å². The molecule has 13 heteroatoms.